The van der Waals surface area contributed by atoms with Crippen LogP contribution in [0.4, 0.5) is 24.5 Å². The van der Waals surface area contributed by atoms with E-state index in [9.17, 15) is 14.3 Å². The van der Waals surface area contributed by atoms with Gasteiger partial charge in [0.2, 0.25) is 0 Å². The van der Waals surface area contributed by atoms with Crippen LogP contribution in [0.2, 0.25) is 0 Å². The first-order chi connectivity index (χ1) is 16.7. The van der Waals surface area contributed by atoms with Crippen molar-refractivity contribution in [1.82, 2.24) is 5.48 Å². The van der Waals surface area contributed by atoms with Gasteiger partial charge in [-0.3, -0.25) is 9.63 Å². The van der Waals surface area contributed by atoms with Crippen molar-refractivity contribution >= 4 is 45.6 Å². The first-order valence-corrected chi connectivity index (χ1v) is 11.2. The van der Waals surface area contributed by atoms with E-state index in [2.05, 4.69) is 10.5 Å². The van der Waals surface area contributed by atoms with E-state index >= 15 is 8.78 Å². The first kappa shape index (κ1) is 28.7. The summed E-state index contributed by atoms with van der Waals surface area (Å²) in [4.78, 5) is 22.3. The second kappa shape index (κ2) is 14.2. The minimum Gasteiger partial charge on any atom is -0.394 e. The highest BCUT2D eigenvalue weighted by atomic mass is 127. The molecule has 0 bridgehead atoms. The molecule has 1 atom stereocenters. The van der Waals surface area contributed by atoms with E-state index in [0.29, 0.717) is 3.57 Å². The Hall–Kier alpha value is -2.50. The molecule has 192 valence electrons. The monoisotopic (exact) mass is 613 g/mol. The normalized spacial score (nSPS) is 12.4. The lowest BCUT2D eigenvalue weighted by Crippen LogP contribution is -2.27. The number of carbonyl (C=O) groups excluding carboxylic acids is 1. The van der Waals surface area contributed by atoms with Crippen LogP contribution in [-0.4, -0.2) is 71.2 Å². The molecule has 35 heavy (non-hydrogen) atoms. The molecule has 0 aromatic heterocycles. The number of nitrogens with one attached hydrogen (secondary N) is 2. The van der Waals surface area contributed by atoms with E-state index in [1.54, 1.807) is 0 Å². The highest BCUT2D eigenvalue weighted by Gasteiger charge is 2.27. The summed E-state index contributed by atoms with van der Waals surface area (Å²) in [6, 6.07) is 4.77. The Morgan fingerprint density at radius 2 is 1.77 bits per heavy atom. The van der Waals surface area contributed by atoms with Gasteiger partial charge in [0.1, 0.15) is 12.4 Å². The largest absolute Gasteiger partial charge is 0.394 e. The molecule has 0 aliphatic heterocycles. The molecule has 0 aliphatic carbocycles. The van der Waals surface area contributed by atoms with Crippen molar-refractivity contribution in [3.63, 3.8) is 0 Å². The van der Waals surface area contributed by atoms with E-state index in [4.69, 9.17) is 25.0 Å². The molecule has 0 saturated carbocycles. The second-order valence-corrected chi connectivity index (χ2v) is 8.11. The summed E-state index contributed by atoms with van der Waals surface area (Å²) in [6.07, 6.45) is -1.93. The quantitative estimate of drug-likeness (QED) is 0.0863. The van der Waals surface area contributed by atoms with Crippen molar-refractivity contribution in [2.75, 3.05) is 38.4 Å². The molecule has 2 rings (SSSR count). The number of aliphatic hydroxyl groups excluding tert-OH is 4. The van der Waals surface area contributed by atoms with Crippen molar-refractivity contribution in [1.29, 1.82) is 0 Å². The summed E-state index contributed by atoms with van der Waals surface area (Å²) >= 11 is 1.86. The number of aliphatic hydroxyl groups is 4. The molecule has 0 heterocycles. The Morgan fingerprint density at radius 3 is 2.40 bits per heavy atom. The van der Waals surface area contributed by atoms with Crippen molar-refractivity contribution in [3.8, 4) is 0 Å². The Balaban J connectivity index is 2.64. The smallest absolute Gasteiger partial charge is 0.277 e. The van der Waals surface area contributed by atoms with Gasteiger partial charge in [0.15, 0.2) is 11.6 Å². The summed E-state index contributed by atoms with van der Waals surface area (Å²) in [5, 5.41) is 42.6. The molecule has 1 amide bonds. The molecule has 0 saturated heterocycles. The molecular formula is C21H23F3IN3O7. The summed E-state index contributed by atoms with van der Waals surface area (Å²) in [5.74, 6) is -4.97. The lowest BCUT2D eigenvalue weighted by atomic mass is 9.99. The number of rotatable bonds is 13. The van der Waals surface area contributed by atoms with Gasteiger partial charge in [0.25, 0.3) is 5.91 Å². The number of amides is 1. The first-order valence-electron chi connectivity index (χ1n) is 10.1. The van der Waals surface area contributed by atoms with E-state index in [1.807, 2.05) is 28.1 Å². The van der Waals surface area contributed by atoms with Gasteiger partial charge in [-0.15, -0.1) is 0 Å². The highest BCUT2D eigenvalue weighted by molar-refractivity contribution is 14.1. The molecule has 6 N–H and O–H groups in total. The summed E-state index contributed by atoms with van der Waals surface area (Å²) in [7, 11) is 0. The molecule has 0 radical (unpaired) electrons. The minimum atomic E-state index is -1.58. The zero-order chi connectivity index (χ0) is 26.0. The Bertz CT molecular complexity index is 1060. The van der Waals surface area contributed by atoms with Crippen LogP contribution in [0.3, 0.4) is 0 Å². The maximum atomic E-state index is 15.3. The number of benzene rings is 2. The number of hydrogen-bond acceptors (Lipinski definition) is 9. The summed E-state index contributed by atoms with van der Waals surface area (Å²) < 4.78 is 45.3. The third-order valence-electron chi connectivity index (χ3n) is 4.31. The maximum absolute atomic E-state index is 15.3. The van der Waals surface area contributed by atoms with Crippen LogP contribution >= 0.6 is 22.6 Å². The van der Waals surface area contributed by atoms with Gasteiger partial charge in [0.05, 0.1) is 55.2 Å². The fourth-order valence-electron chi connectivity index (χ4n) is 2.73. The maximum Gasteiger partial charge on any atom is 0.277 e. The second-order valence-electron chi connectivity index (χ2n) is 6.86. The van der Waals surface area contributed by atoms with Gasteiger partial charge in [-0.25, -0.2) is 18.7 Å². The van der Waals surface area contributed by atoms with Crippen LogP contribution in [0.25, 0.3) is 0 Å². The predicted octanol–water partition coefficient (Wildman–Crippen LogP) is 1.56. The van der Waals surface area contributed by atoms with Crippen molar-refractivity contribution in [2.45, 2.75) is 12.5 Å². The van der Waals surface area contributed by atoms with Gasteiger partial charge >= 0.3 is 0 Å². The predicted molar refractivity (Wildman–Crippen MR) is 127 cm³/mol. The lowest BCUT2D eigenvalue weighted by molar-refractivity contribution is 0.0168. The number of nitrogens with zero attached hydrogens (tertiary/aromatic N) is 1. The van der Waals surface area contributed by atoms with Crippen LogP contribution in [0.1, 0.15) is 22.3 Å². The van der Waals surface area contributed by atoms with Gasteiger partial charge in [0, 0.05) is 15.6 Å². The number of hydrogen-bond donors (Lipinski definition) is 6. The van der Waals surface area contributed by atoms with Crippen molar-refractivity contribution in [3.05, 3.63) is 56.4 Å². The SMILES string of the molecule is O=C(NOCCO)c1cc(/C(CC(O)CO)=N\OCCO)c(F)c(F)c1Nc1ccc(I)cc1F. The molecule has 0 fully saturated rings. The standard InChI is InChI=1S/C21H23F3IN3O7/c22-15-7-11(25)1-2-16(15)26-20-14(21(33)28-35-6-4-30)9-13(18(23)19(20)24)17(8-12(32)10-31)27-34-5-3-29/h1-2,7,9,12,26,29-32H,3-6,8,10H2,(H,28,33)/b27-17-. The highest BCUT2D eigenvalue weighted by Crippen LogP contribution is 2.31. The molecule has 14 heteroatoms. The Labute approximate surface area is 211 Å². The van der Waals surface area contributed by atoms with E-state index in [0.717, 1.165) is 12.1 Å². The summed E-state index contributed by atoms with van der Waals surface area (Å²) in [5.41, 5.74) is -0.551. The summed E-state index contributed by atoms with van der Waals surface area (Å²) in [6.45, 7) is -2.24. The zero-order valence-electron chi connectivity index (χ0n) is 18.1. The van der Waals surface area contributed by atoms with Gasteiger partial charge < -0.3 is 30.6 Å². The molecule has 0 aliphatic rings. The number of anilines is 2. The molecule has 2 aromatic rings. The molecular weight excluding hydrogens is 590 g/mol. The fraction of sp³-hybridized carbons (Fsp3) is 0.333. The average Bonchev–Trinajstić information content (AvgIpc) is 2.83. The van der Waals surface area contributed by atoms with Gasteiger partial charge in [-0.05, 0) is 46.9 Å². The van der Waals surface area contributed by atoms with Crippen LogP contribution in [0, 0.1) is 21.0 Å². The van der Waals surface area contributed by atoms with Crippen LogP contribution in [0.5, 0.6) is 0 Å². The minimum absolute atomic E-state index is 0.252. The third-order valence-corrected chi connectivity index (χ3v) is 4.98. The van der Waals surface area contributed by atoms with Crippen LogP contribution in [-0.2, 0) is 9.68 Å². The van der Waals surface area contributed by atoms with Gasteiger partial charge in [-0.2, -0.15) is 0 Å². The Kier molecular flexibility index (Phi) is 11.6. The number of hydroxylamine groups is 1. The molecule has 0 spiro atoms. The fourth-order valence-corrected chi connectivity index (χ4v) is 3.18. The molecule has 10 nitrogen and oxygen atoms in total. The molecule has 1 unspecified atom stereocenters. The topological polar surface area (TPSA) is 153 Å². The van der Waals surface area contributed by atoms with Gasteiger partial charge in [-0.1, -0.05) is 5.16 Å². The zero-order valence-corrected chi connectivity index (χ0v) is 20.3. The van der Waals surface area contributed by atoms with Crippen molar-refractivity contribution in [2.24, 2.45) is 5.16 Å². The third kappa shape index (κ3) is 8.01. The van der Waals surface area contributed by atoms with E-state index in [-0.39, 0.29) is 24.6 Å². The number of halogens is 4. The lowest BCUT2D eigenvalue weighted by Gasteiger charge is -2.18. The van der Waals surface area contributed by atoms with E-state index in [1.165, 1.54) is 12.1 Å². The molecule has 2 aromatic carbocycles. The Morgan fingerprint density at radius 1 is 1.06 bits per heavy atom. The van der Waals surface area contributed by atoms with Crippen molar-refractivity contribution < 1.29 is 48.1 Å². The number of carbonyl (C=O) groups is 1. The van der Waals surface area contributed by atoms with Crippen LogP contribution < -0.4 is 10.8 Å². The van der Waals surface area contributed by atoms with E-state index < -0.39 is 72.5 Å². The number of oxime groups is 1. The van der Waals surface area contributed by atoms with Crippen LogP contribution in [0.15, 0.2) is 29.4 Å². The average molecular weight is 613 g/mol.